The minimum Gasteiger partial charge on any atom is -0.489 e. The topological polar surface area (TPSA) is 24.9 Å². The molecule has 0 radical (unpaired) electrons. The number of ether oxygens (including phenoxy) is 2. The molecule has 2 aliphatic carbocycles. The molecule has 0 N–H and O–H groups in total. The van der Waals surface area contributed by atoms with Gasteiger partial charge in [0.1, 0.15) is 24.7 Å². The van der Waals surface area contributed by atoms with E-state index in [1.54, 1.807) is 0 Å². The fraction of sp³-hybridized carbons (Fsp3) is 0.0435. The van der Waals surface area contributed by atoms with E-state index in [2.05, 4.69) is 375 Å². The summed E-state index contributed by atoms with van der Waals surface area (Å²) in [5.74, 6) is 1.64. The Bertz CT molecular complexity index is 4770. The second kappa shape index (κ2) is 25.3. The van der Waals surface area contributed by atoms with Gasteiger partial charge in [-0.25, -0.2) is 0 Å². The molecule has 0 aliphatic heterocycles. The van der Waals surface area contributed by atoms with E-state index in [0.717, 1.165) is 79.0 Å². The lowest BCUT2D eigenvalue weighted by Crippen LogP contribution is -2.28. The van der Waals surface area contributed by atoms with Crippen molar-refractivity contribution in [3.05, 3.63) is 432 Å². The quantitative estimate of drug-likeness (QED) is 0.0806. The molecule has 4 nitrogen and oxygen atoms in total. The van der Waals surface area contributed by atoms with Gasteiger partial charge in [-0.2, -0.15) is 0 Å². The third kappa shape index (κ3) is 10.5. The smallest absolute Gasteiger partial charge is 0.119 e. The predicted molar refractivity (Wildman–Crippen MR) is 398 cm³/mol. The Balaban J connectivity index is 0.736. The minimum atomic E-state index is -0.625. The molecule has 458 valence electrons. The van der Waals surface area contributed by atoms with Gasteiger partial charge >= 0.3 is 0 Å². The van der Waals surface area contributed by atoms with Crippen LogP contribution in [0.1, 0.15) is 66.8 Å². The van der Waals surface area contributed by atoms with Crippen LogP contribution in [0.3, 0.4) is 0 Å². The van der Waals surface area contributed by atoms with Crippen LogP contribution in [0.2, 0.25) is 0 Å². The molecule has 0 spiro atoms. The molecule has 2 atom stereocenters. The van der Waals surface area contributed by atoms with E-state index in [1.807, 2.05) is 12.2 Å². The number of rotatable bonds is 19. The van der Waals surface area contributed by atoms with E-state index in [4.69, 9.17) is 9.47 Å². The number of nitrogens with zero attached hydrogens (tertiary/aromatic N) is 2. The number of fused-ring (bicyclic) bond motifs is 6. The van der Waals surface area contributed by atoms with E-state index in [1.165, 1.54) is 66.8 Å². The fourth-order valence-corrected chi connectivity index (χ4v) is 14.9. The van der Waals surface area contributed by atoms with E-state index in [0.29, 0.717) is 13.2 Å². The van der Waals surface area contributed by atoms with Gasteiger partial charge in [0.15, 0.2) is 0 Å². The summed E-state index contributed by atoms with van der Waals surface area (Å²) in [6.07, 6.45) is 3.72. The minimum absolute atomic E-state index is 0.472. The molecule has 96 heavy (non-hydrogen) atoms. The van der Waals surface area contributed by atoms with Crippen molar-refractivity contribution in [2.75, 3.05) is 9.80 Å². The fourth-order valence-electron chi connectivity index (χ4n) is 14.9. The Morgan fingerprint density at radius 3 is 0.927 bits per heavy atom. The number of anilines is 6. The molecule has 0 bridgehead atoms. The number of benzene rings is 14. The van der Waals surface area contributed by atoms with Crippen molar-refractivity contribution in [3.8, 4) is 44.9 Å². The van der Waals surface area contributed by atoms with Crippen molar-refractivity contribution in [2.45, 2.75) is 24.0 Å². The van der Waals surface area contributed by atoms with Crippen molar-refractivity contribution in [3.63, 3.8) is 0 Å². The van der Waals surface area contributed by atoms with Crippen LogP contribution in [0.4, 0.5) is 34.1 Å². The molecule has 0 amide bonds. The second-order valence-electron chi connectivity index (χ2n) is 24.7. The van der Waals surface area contributed by atoms with Crippen LogP contribution in [0, 0.1) is 0 Å². The summed E-state index contributed by atoms with van der Waals surface area (Å²) in [7, 11) is 0. The molecule has 0 heterocycles. The first-order chi connectivity index (χ1) is 47.5. The zero-order valence-corrected chi connectivity index (χ0v) is 53.2. The summed E-state index contributed by atoms with van der Waals surface area (Å²) in [6.45, 7) is 8.77. The van der Waals surface area contributed by atoms with E-state index >= 15 is 0 Å². The SMILES string of the molecule is C=Cc1ccc(COc2ccc(C3(c4ccccc4)c4ccccc4-c4ccc(N(c5ccccc5)c5ccc(-c6ccc(N(c7ccccc7)c7ccc8c(c7)[C@@](c7ccccc7)(c7ccc(OCc9ccc(C=C)cc9)cc7)c7ccccc7-8)cc6)cc5)cc43)cc2)cc1. The highest BCUT2D eigenvalue weighted by atomic mass is 16.5. The lowest BCUT2D eigenvalue weighted by Gasteiger charge is -2.35. The number of para-hydroxylation sites is 2. The van der Waals surface area contributed by atoms with Crippen LogP contribution in [0.15, 0.2) is 365 Å². The maximum absolute atomic E-state index is 6.42. The van der Waals surface area contributed by atoms with Gasteiger partial charge < -0.3 is 19.3 Å². The highest BCUT2D eigenvalue weighted by molar-refractivity contribution is 5.92. The Hall–Kier alpha value is -12.2. The molecule has 0 saturated heterocycles. The van der Waals surface area contributed by atoms with Gasteiger partial charge in [0.05, 0.1) is 10.8 Å². The van der Waals surface area contributed by atoms with E-state index < -0.39 is 10.8 Å². The first-order valence-corrected chi connectivity index (χ1v) is 32.9. The molecule has 14 aromatic carbocycles. The van der Waals surface area contributed by atoms with E-state index in [-0.39, 0.29) is 0 Å². The van der Waals surface area contributed by atoms with Crippen molar-refractivity contribution in [2.24, 2.45) is 0 Å². The summed E-state index contributed by atoms with van der Waals surface area (Å²) in [4.78, 5) is 4.78. The highest BCUT2D eigenvalue weighted by Crippen LogP contribution is 2.59. The normalized spacial score (nSPS) is 14.7. The summed E-state index contributed by atoms with van der Waals surface area (Å²) in [6, 6.07) is 128. The Morgan fingerprint density at radius 1 is 0.260 bits per heavy atom. The monoisotopic (exact) mass is 1230 g/mol. The number of hydrogen-bond acceptors (Lipinski definition) is 4. The molecule has 2 aliphatic rings. The number of hydrogen-bond donors (Lipinski definition) is 0. The van der Waals surface area contributed by atoms with Crippen molar-refractivity contribution >= 4 is 46.3 Å². The van der Waals surface area contributed by atoms with Crippen LogP contribution in [0.5, 0.6) is 11.5 Å². The molecule has 0 fully saturated rings. The lowest BCUT2D eigenvalue weighted by molar-refractivity contribution is 0.306. The molecular weight excluding hydrogens is 1170 g/mol. The average molecular weight is 1230 g/mol. The Kier molecular flexibility index (Phi) is 15.5. The largest absolute Gasteiger partial charge is 0.489 e. The summed E-state index contributed by atoms with van der Waals surface area (Å²) in [5, 5.41) is 0. The summed E-state index contributed by atoms with van der Waals surface area (Å²) < 4.78 is 12.8. The summed E-state index contributed by atoms with van der Waals surface area (Å²) in [5.41, 5.74) is 26.4. The molecule has 14 aromatic rings. The van der Waals surface area contributed by atoms with Crippen molar-refractivity contribution in [1.29, 1.82) is 0 Å². The van der Waals surface area contributed by atoms with Crippen molar-refractivity contribution < 1.29 is 9.47 Å². The second-order valence-corrected chi connectivity index (χ2v) is 24.7. The molecular formula is C92H68N2O2. The van der Waals surface area contributed by atoms with Crippen LogP contribution in [-0.2, 0) is 24.0 Å². The average Bonchev–Trinajstić information content (AvgIpc) is 1.51. The summed E-state index contributed by atoms with van der Waals surface area (Å²) >= 11 is 0. The van der Waals surface area contributed by atoms with Crippen LogP contribution in [0.25, 0.3) is 45.5 Å². The first-order valence-electron chi connectivity index (χ1n) is 32.9. The van der Waals surface area contributed by atoms with Gasteiger partial charge in [0.2, 0.25) is 0 Å². The zero-order chi connectivity index (χ0) is 64.4. The molecule has 0 saturated carbocycles. The standard InChI is InChI=1S/C92H68N2O2/c1-3-65-33-37-67(38-34-65)63-95-81-55-45-73(46-56-81)91(71-21-9-5-10-22-71)87-31-19-17-29-83(87)85-59-53-79(61-89(85)91)93(75-25-13-7-14-26-75)77-49-41-69(42-50-77)70-43-51-78(52-44-70)94(76-27-15-8-16-28-76)80-54-60-86-84-30-18-20-32-88(84)92(90(86)62-80,72-23-11-6-12-24-72)74-47-57-82(58-48-74)96-64-68-39-35-66(4-2)36-40-68/h3-62H,1-2,63-64H2/t91-,92?/m0/s1. The molecule has 16 rings (SSSR count). The third-order valence-corrected chi connectivity index (χ3v) is 19.4. The van der Waals surface area contributed by atoms with Gasteiger partial charge in [-0.05, 0) is 197 Å². The van der Waals surface area contributed by atoms with E-state index in [9.17, 15) is 0 Å². The van der Waals surface area contributed by atoms with Crippen LogP contribution in [-0.4, -0.2) is 0 Å². The first kappa shape index (κ1) is 58.8. The Labute approximate surface area is 562 Å². The van der Waals surface area contributed by atoms with Gasteiger partial charge in [0.25, 0.3) is 0 Å². The lowest BCUT2D eigenvalue weighted by atomic mass is 9.67. The zero-order valence-electron chi connectivity index (χ0n) is 53.2. The highest BCUT2D eigenvalue weighted by Gasteiger charge is 2.48. The molecule has 1 unspecified atom stereocenters. The maximum atomic E-state index is 6.42. The Morgan fingerprint density at radius 2 is 0.562 bits per heavy atom. The molecule has 0 aromatic heterocycles. The van der Waals surface area contributed by atoms with Crippen LogP contribution < -0.4 is 19.3 Å². The predicted octanol–water partition coefficient (Wildman–Crippen LogP) is 23.5. The van der Waals surface area contributed by atoms with Crippen molar-refractivity contribution in [1.82, 2.24) is 0 Å². The van der Waals surface area contributed by atoms with Gasteiger partial charge in [0, 0.05) is 34.1 Å². The third-order valence-electron chi connectivity index (χ3n) is 19.4. The molecule has 4 heteroatoms. The van der Waals surface area contributed by atoms with Gasteiger partial charge in [-0.15, -0.1) is 0 Å². The van der Waals surface area contributed by atoms with Gasteiger partial charge in [-0.3, -0.25) is 0 Å². The maximum Gasteiger partial charge on any atom is 0.119 e. The van der Waals surface area contributed by atoms with Gasteiger partial charge in [-0.1, -0.05) is 280 Å². The van der Waals surface area contributed by atoms with Crippen LogP contribution >= 0.6 is 0 Å².